The first-order valence-electron chi connectivity index (χ1n) is 5.95. The Morgan fingerprint density at radius 1 is 1.37 bits per heavy atom. The Morgan fingerprint density at radius 3 is 2.68 bits per heavy atom. The summed E-state index contributed by atoms with van der Waals surface area (Å²) >= 11 is 3.27. The van der Waals surface area contributed by atoms with Gasteiger partial charge in [-0.1, -0.05) is 34.1 Å². The zero-order valence-corrected chi connectivity index (χ0v) is 12.4. The lowest BCUT2D eigenvalue weighted by Crippen LogP contribution is -2.22. The van der Waals surface area contributed by atoms with E-state index in [9.17, 15) is 9.59 Å². The molecule has 0 unspecified atom stereocenters. The van der Waals surface area contributed by atoms with E-state index in [1.165, 1.54) is 0 Å². The number of alkyl halides is 1. The quantitative estimate of drug-likeness (QED) is 0.487. The van der Waals surface area contributed by atoms with Gasteiger partial charge in [0.1, 0.15) is 0 Å². The molecule has 0 spiro atoms. The second-order valence-corrected chi connectivity index (χ2v) is 4.65. The summed E-state index contributed by atoms with van der Waals surface area (Å²) in [5.41, 5.74) is 2.37. The van der Waals surface area contributed by atoms with Crippen LogP contribution in [-0.4, -0.2) is 30.9 Å². The Labute approximate surface area is 120 Å². The lowest BCUT2D eigenvalue weighted by Gasteiger charge is -2.09. The Balaban J connectivity index is 2.60. The molecule has 0 saturated heterocycles. The van der Waals surface area contributed by atoms with Crippen molar-refractivity contribution in [3.05, 3.63) is 35.4 Å². The van der Waals surface area contributed by atoms with Crippen LogP contribution in [0.15, 0.2) is 29.8 Å². The average molecular weight is 324 g/mol. The first-order chi connectivity index (χ1) is 9.11. The van der Waals surface area contributed by atoms with Gasteiger partial charge in [-0.3, -0.25) is 4.79 Å². The molecule has 0 fully saturated rings. The normalized spacial score (nSPS) is 16.4. The van der Waals surface area contributed by atoms with Crippen LogP contribution >= 0.6 is 15.9 Å². The minimum Gasteiger partial charge on any atom is -0.463 e. The van der Waals surface area contributed by atoms with Gasteiger partial charge in [-0.15, -0.1) is 0 Å². The summed E-state index contributed by atoms with van der Waals surface area (Å²) < 4.78 is 5.01. The standard InChI is InChI=1S/C14H14BrNO3/c1-3-19-14(18)10(8-15)12-9-6-4-5-7-11(9)16(2)13(12)17/h4-7H,3,8H2,1-2H3/b12-10-. The van der Waals surface area contributed by atoms with Crippen LogP contribution in [0.1, 0.15) is 12.5 Å². The van der Waals surface area contributed by atoms with Gasteiger partial charge in [-0.05, 0) is 13.0 Å². The fraction of sp³-hybridized carbons (Fsp3) is 0.286. The van der Waals surface area contributed by atoms with Crippen LogP contribution < -0.4 is 4.90 Å². The Morgan fingerprint density at radius 2 is 2.05 bits per heavy atom. The van der Waals surface area contributed by atoms with E-state index in [-0.39, 0.29) is 17.8 Å². The van der Waals surface area contributed by atoms with E-state index >= 15 is 0 Å². The van der Waals surface area contributed by atoms with Gasteiger partial charge >= 0.3 is 5.97 Å². The van der Waals surface area contributed by atoms with Gasteiger partial charge in [0.2, 0.25) is 0 Å². The lowest BCUT2D eigenvalue weighted by molar-refractivity contribution is -0.138. The van der Waals surface area contributed by atoms with Crippen molar-refractivity contribution in [3.8, 4) is 0 Å². The molecule has 0 bridgehead atoms. The fourth-order valence-corrected chi connectivity index (χ4v) is 2.61. The molecule has 0 radical (unpaired) electrons. The smallest absolute Gasteiger partial charge is 0.335 e. The van der Waals surface area contributed by atoms with Crippen LogP contribution in [0.3, 0.4) is 0 Å². The van der Waals surface area contributed by atoms with Crippen molar-refractivity contribution in [2.24, 2.45) is 0 Å². The van der Waals surface area contributed by atoms with Crippen molar-refractivity contribution in [3.63, 3.8) is 0 Å². The number of amides is 1. The number of para-hydroxylation sites is 1. The zero-order chi connectivity index (χ0) is 14.0. The van der Waals surface area contributed by atoms with Crippen molar-refractivity contribution < 1.29 is 14.3 Å². The highest BCUT2D eigenvalue weighted by Crippen LogP contribution is 2.37. The van der Waals surface area contributed by atoms with Gasteiger partial charge in [-0.2, -0.15) is 0 Å². The summed E-state index contributed by atoms with van der Waals surface area (Å²) in [5.74, 6) is -0.628. The van der Waals surface area contributed by atoms with Crippen LogP contribution in [0, 0.1) is 0 Å². The Kier molecular flexibility index (Phi) is 4.04. The Bertz CT molecular complexity index is 566. The van der Waals surface area contributed by atoms with Crippen LogP contribution in [-0.2, 0) is 14.3 Å². The van der Waals surface area contributed by atoms with Crippen LogP contribution in [0.2, 0.25) is 0 Å². The first-order valence-corrected chi connectivity index (χ1v) is 7.07. The first kappa shape index (κ1) is 13.8. The number of carbonyl (C=O) groups excluding carboxylic acids is 2. The average Bonchev–Trinajstić information content (AvgIpc) is 2.66. The number of fused-ring (bicyclic) bond motifs is 1. The molecule has 1 heterocycles. The molecule has 0 N–H and O–H groups in total. The Hall–Kier alpha value is -1.62. The van der Waals surface area contributed by atoms with Gasteiger partial charge in [0.05, 0.1) is 23.4 Å². The third-order valence-corrected chi connectivity index (χ3v) is 3.57. The highest BCUT2D eigenvalue weighted by molar-refractivity contribution is 9.09. The van der Waals surface area contributed by atoms with E-state index in [0.29, 0.717) is 11.1 Å². The summed E-state index contributed by atoms with van der Waals surface area (Å²) in [6, 6.07) is 7.41. The second kappa shape index (κ2) is 5.57. The SMILES string of the molecule is CCOC(=O)/C(CBr)=C1\C(=O)N(C)c2ccccc21. The molecular weight excluding hydrogens is 310 g/mol. The molecule has 1 aromatic rings. The molecule has 1 aliphatic heterocycles. The van der Waals surface area contributed by atoms with Gasteiger partial charge < -0.3 is 9.64 Å². The highest BCUT2D eigenvalue weighted by atomic mass is 79.9. The van der Waals surface area contributed by atoms with E-state index in [4.69, 9.17) is 4.74 Å². The number of anilines is 1. The van der Waals surface area contributed by atoms with E-state index in [0.717, 1.165) is 11.3 Å². The van der Waals surface area contributed by atoms with Crippen molar-refractivity contribution in [1.29, 1.82) is 0 Å². The summed E-state index contributed by atoms with van der Waals surface area (Å²) in [4.78, 5) is 25.8. The van der Waals surface area contributed by atoms with Gasteiger partial charge in [0.25, 0.3) is 5.91 Å². The summed E-state index contributed by atoms with van der Waals surface area (Å²) in [6.07, 6.45) is 0. The number of benzene rings is 1. The van der Waals surface area contributed by atoms with Crippen molar-refractivity contribution in [1.82, 2.24) is 0 Å². The minimum absolute atomic E-state index is 0.177. The van der Waals surface area contributed by atoms with E-state index < -0.39 is 5.97 Å². The number of rotatable bonds is 3. The number of likely N-dealkylation sites (N-methyl/N-ethyl adjacent to an activating group) is 1. The fourth-order valence-electron chi connectivity index (χ4n) is 2.10. The number of hydrogen-bond acceptors (Lipinski definition) is 3. The predicted molar refractivity (Wildman–Crippen MR) is 77.2 cm³/mol. The van der Waals surface area contributed by atoms with Crippen LogP contribution in [0.5, 0.6) is 0 Å². The molecule has 0 aliphatic carbocycles. The third kappa shape index (κ3) is 2.30. The summed E-state index contributed by atoms with van der Waals surface area (Å²) in [6.45, 7) is 2.03. The molecule has 1 aliphatic rings. The number of ether oxygens (including phenoxy) is 1. The monoisotopic (exact) mass is 323 g/mol. The second-order valence-electron chi connectivity index (χ2n) is 4.09. The van der Waals surface area contributed by atoms with Crippen LogP contribution in [0.25, 0.3) is 5.57 Å². The van der Waals surface area contributed by atoms with Gasteiger partial charge in [0.15, 0.2) is 0 Å². The molecule has 2 rings (SSSR count). The predicted octanol–water partition coefficient (Wildman–Crippen LogP) is 2.37. The largest absolute Gasteiger partial charge is 0.463 e. The maximum atomic E-state index is 12.3. The molecule has 1 amide bonds. The summed E-state index contributed by atoms with van der Waals surface area (Å²) in [7, 11) is 1.70. The molecule has 0 aromatic heterocycles. The molecule has 19 heavy (non-hydrogen) atoms. The molecular formula is C14H14BrNO3. The molecule has 1 aromatic carbocycles. The molecule has 0 saturated carbocycles. The lowest BCUT2D eigenvalue weighted by atomic mass is 10.0. The summed E-state index contributed by atoms with van der Waals surface area (Å²) in [5, 5.41) is 0.287. The highest BCUT2D eigenvalue weighted by Gasteiger charge is 2.33. The van der Waals surface area contributed by atoms with Crippen molar-refractivity contribution in [2.75, 3.05) is 23.9 Å². The van der Waals surface area contributed by atoms with Gasteiger partial charge in [0, 0.05) is 17.9 Å². The molecule has 100 valence electrons. The van der Waals surface area contributed by atoms with Crippen LogP contribution in [0.4, 0.5) is 5.69 Å². The van der Waals surface area contributed by atoms with Gasteiger partial charge in [-0.25, -0.2) is 4.79 Å². The number of hydrogen-bond donors (Lipinski definition) is 0. The number of carbonyl (C=O) groups is 2. The van der Waals surface area contributed by atoms with Crippen molar-refractivity contribution in [2.45, 2.75) is 6.92 Å². The maximum absolute atomic E-state index is 12.3. The van der Waals surface area contributed by atoms with E-state index in [1.54, 1.807) is 18.9 Å². The molecule has 4 nitrogen and oxygen atoms in total. The van der Waals surface area contributed by atoms with E-state index in [2.05, 4.69) is 15.9 Å². The molecule has 0 atom stereocenters. The number of halogens is 1. The van der Waals surface area contributed by atoms with E-state index in [1.807, 2.05) is 24.3 Å². The minimum atomic E-state index is -0.451. The maximum Gasteiger partial charge on any atom is 0.335 e. The number of nitrogens with zero attached hydrogens (tertiary/aromatic N) is 1. The topological polar surface area (TPSA) is 46.6 Å². The molecule has 5 heteroatoms. The zero-order valence-electron chi connectivity index (χ0n) is 10.8. The van der Waals surface area contributed by atoms with Crippen molar-refractivity contribution >= 4 is 39.1 Å². The number of esters is 1. The third-order valence-electron chi connectivity index (χ3n) is 3.01.